The topological polar surface area (TPSA) is 105 Å². The van der Waals surface area contributed by atoms with Gasteiger partial charge in [-0.15, -0.1) is 0 Å². The van der Waals surface area contributed by atoms with Crippen molar-refractivity contribution in [2.24, 2.45) is 0 Å². The van der Waals surface area contributed by atoms with E-state index in [0.717, 1.165) is 11.6 Å². The lowest BCUT2D eigenvalue weighted by Crippen LogP contribution is -2.52. The Morgan fingerprint density at radius 1 is 1.08 bits per heavy atom. The second kappa shape index (κ2) is 11.1. The van der Waals surface area contributed by atoms with E-state index in [0.29, 0.717) is 36.0 Å². The molecule has 196 valence electrons. The van der Waals surface area contributed by atoms with Crippen molar-refractivity contribution < 1.29 is 32.7 Å². The SMILES string of the molecule is CC.O=C1CCC(N2Cc3ccc(CNC(=O)OC4CC(c5cc(F)cc(F)c5)C4)cc3C2=O)C(=O)N1. The monoisotopic (exact) mass is 513 g/mol. The molecule has 1 saturated carbocycles. The minimum absolute atomic E-state index is 0.0620. The number of fused-ring (bicyclic) bond motifs is 1. The van der Waals surface area contributed by atoms with Crippen LogP contribution in [0.2, 0.25) is 0 Å². The first kappa shape index (κ1) is 26.2. The van der Waals surface area contributed by atoms with Crippen LogP contribution < -0.4 is 10.6 Å². The van der Waals surface area contributed by atoms with Crippen molar-refractivity contribution in [2.45, 2.75) is 70.7 Å². The summed E-state index contributed by atoms with van der Waals surface area (Å²) in [6, 6.07) is 7.99. The van der Waals surface area contributed by atoms with Gasteiger partial charge in [0.1, 0.15) is 23.8 Å². The zero-order chi connectivity index (χ0) is 26.7. The number of carbonyl (C=O) groups excluding carboxylic acids is 4. The predicted octanol–water partition coefficient (Wildman–Crippen LogP) is 3.92. The van der Waals surface area contributed by atoms with E-state index in [2.05, 4.69) is 10.6 Å². The van der Waals surface area contributed by atoms with Gasteiger partial charge in [-0.05, 0) is 60.1 Å². The number of amides is 4. The van der Waals surface area contributed by atoms with Crippen molar-refractivity contribution in [3.05, 3.63) is 70.3 Å². The van der Waals surface area contributed by atoms with E-state index in [1.165, 1.54) is 17.0 Å². The summed E-state index contributed by atoms with van der Waals surface area (Å²) < 4.78 is 32.1. The van der Waals surface area contributed by atoms with Crippen LogP contribution in [0.3, 0.4) is 0 Å². The molecule has 1 saturated heterocycles. The van der Waals surface area contributed by atoms with Gasteiger partial charge < -0.3 is 15.0 Å². The molecular formula is C27H29F2N3O5. The summed E-state index contributed by atoms with van der Waals surface area (Å²) in [5, 5.41) is 4.93. The molecule has 0 radical (unpaired) electrons. The molecule has 2 aromatic rings. The highest BCUT2D eigenvalue weighted by Gasteiger charge is 2.39. The summed E-state index contributed by atoms with van der Waals surface area (Å²) >= 11 is 0. The van der Waals surface area contributed by atoms with E-state index >= 15 is 0 Å². The number of halogens is 2. The number of hydrogen-bond donors (Lipinski definition) is 2. The maximum absolute atomic E-state index is 13.4. The highest BCUT2D eigenvalue weighted by molar-refractivity contribution is 6.05. The third-order valence-corrected chi connectivity index (χ3v) is 6.75. The Hall–Kier alpha value is -3.82. The minimum atomic E-state index is -0.681. The normalized spacial score (nSPS) is 22.3. The van der Waals surface area contributed by atoms with Crippen LogP contribution in [0.25, 0.3) is 0 Å². The minimum Gasteiger partial charge on any atom is -0.446 e. The molecule has 0 bridgehead atoms. The number of alkyl carbamates (subject to hydrolysis) is 1. The standard InChI is InChI=1S/C25H23F2N3O5.C2H6/c26-17-6-15(7-18(27)10-17)16-8-19(9-16)35-25(34)28-11-13-1-2-14-12-30(24(33)20(14)5-13)21-3-4-22(31)29-23(21)32;1-2/h1-2,5-7,10,16,19,21H,3-4,8-9,11-12H2,(H,28,34)(H,29,31,32);1-2H3. The lowest BCUT2D eigenvalue weighted by molar-refractivity contribution is -0.136. The number of nitrogens with one attached hydrogen (secondary N) is 2. The third-order valence-electron chi connectivity index (χ3n) is 6.75. The van der Waals surface area contributed by atoms with Gasteiger partial charge in [-0.25, -0.2) is 13.6 Å². The zero-order valence-corrected chi connectivity index (χ0v) is 20.7. The molecule has 1 unspecified atom stereocenters. The van der Waals surface area contributed by atoms with Crippen molar-refractivity contribution in [2.75, 3.05) is 0 Å². The van der Waals surface area contributed by atoms with E-state index in [1.54, 1.807) is 18.2 Å². The molecule has 4 amide bonds. The zero-order valence-electron chi connectivity index (χ0n) is 20.7. The van der Waals surface area contributed by atoms with Crippen LogP contribution in [-0.4, -0.2) is 40.9 Å². The molecule has 10 heteroatoms. The Morgan fingerprint density at radius 3 is 2.46 bits per heavy atom. The highest BCUT2D eigenvalue weighted by atomic mass is 19.1. The first-order valence-corrected chi connectivity index (χ1v) is 12.4. The molecular weight excluding hydrogens is 484 g/mol. The van der Waals surface area contributed by atoms with Crippen LogP contribution in [0.1, 0.15) is 72.5 Å². The molecule has 2 N–H and O–H groups in total. The third kappa shape index (κ3) is 5.79. The van der Waals surface area contributed by atoms with Crippen LogP contribution in [0.5, 0.6) is 0 Å². The predicted molar refractivity (Wildman–Crippen MR) is 129 cm³/mol. The van der Waals surface area contributed by atoms with Crippen LogP contribution in [0.15, 0.2) is 36.4 Å². The van der Waals surface area contributed by atoms with Gasteiger partial charge in [-0.3, -0.25) is 19.7 Å². The molecule has 1 aliphatic carbocycles. The van der Waals surface area contributed by atoms with Crippen LogP contribution >= 0.6 is 0 Å². The van der Waals surface area contributed by atoms with Crippen molar-refractivity contribution in [3.8, 4) is 0 Å². The van der Waals surface area contributed by atoms with Crippen LogP contribution in [0.4, 0.5) is 13.6 Å². The number of nitrogens with zero attached hydrogens (tertiary/aromatic N) is 1. The highest BCUT2D eigenvalue weighted by Crippen LogP contribution is 2.39. The number of imide groups is 1. The fraction of sp³-hybridized carbons (Fsp3) is 0.407. The van der Waals surface area contributed by atoms with E-state index in [-0.39, 0.29) is 43.3 Å². The number of hydrogen-bond acceptors (Lipinski definition) is 5. The fourth-order valence-corrected chi connectivity index (χ4v) is 4.82. The van der Waals surface area contributed by atoms with Crippen molar-refractivity contribution in [1.82, 2.24) is 15.5 Å². The molecule has 2 heterocycles. The van der Waals surface area contributed by atoms with Gasteiger partial charge in [0, 0.05) is 31.1 Å². The van der Waals surface area contributed by atoms with Gasteiger partial charge >= 0.3 is 6.09 Å². The molecule has 3 aliphatic rings. The molecule has 37 heavy (non-hydrogen) atoms. The van der Waals surface area contributed by atoms with Gasteiger partial charge in [-0.2, -0.15) is 0 Å². The van der Waals surface area contributed by atoms with E-state index in [1.807, 2.05) is 13.8 Å². The molecule has 0 aromatic heterocycles. The van der Waals surface area contributed by atoms with Gasteiger partial charge in [-0.1, -0.05) is 26.0 Å². The Morgan fingerprint density at radius 2 is 1.78 bits per heavy atom. The summed E-state index contributed by atoms with van der Waals surface area (Å²) in [6.45, 7) is 4.43. The number of carbonyl (C=O) groups is 4. The molecule has 2 aliphatic heterocycles. The average Bonchev–Trinajstić information content (AvgIpc) is 3.16. The van der Waals surface area contributed by atoms with Gasteiger partial charge in [0.05, 0.1) is 0 Å². The molecule has 5 rings (SSSR count). The number of ether oxygens (including phenoxy) is 1. The van der Waals surface area contributed by atoms with E-state index in [9.17, 15) is 28.0 Å². The molecule has 0 spiro atoms. The van der Waals surface area contributed by atoms with Crippen molar-refractivity contribution in [3.63, 3.8) is 0 Å². The lowest BCUT2D eigenvalue weighted by atomic mass is 9.77. The average molecular weight is 514 g/mol. The number of piperidine rings is 1. The largest absolute Gasteiger partial charge is 0.446 e. The Balaban J connectivity index is 0.00000156. The van der Waals surface area contributed by atoms with Gasteiger partial charge in [0.25, 0.3) is 5.91 Å². The quantitative estimate of drug-likeness (QED) is 0.590. The molecule has 2 aromatic carbocycles. The first-order valence-electron chi connectivity index (χ1n) is 12.4. The van der Waals surface area contributed by atoms with Gasteiger partial charge in [0.15, 0.2) is 0 Å². The van der Waals surface area contributed by atoms with Gasteiger partial charge in [0.2, 0.25) is 11.8 Å². The number of rotatable bonds is 5. The maximum Gasteiger partial charge on any atom is 0.407 e. The smallest absolute Gasteiger partial charge is 0.407 e. The Kier molecular flexibility index (Phi) is 7.85. The van der Waals surface area contributed by atoms with E-state index in [4.69, 9.17) is 4.74 Å². The molecule has 8 nitrogen and oxygen atoms in total. The second-order valence-corrected chi connectivity index (χ2v) is 9.14. The van der Waals surface area contributed by atoms with Crippen molar-refractivity contribution in [1.29, 1.82) is 0 Å². The summed E-state index contributed by atoms with van der Waals surface area (Å²) in [4.78, 5) is 50.1. The molecule has 1 atom stereocenters. The summed E-state index contributed by atoms with van der Waals surface area (Å²) in [5.41, 5.74) is 2.49. The Bertz CT molecular complexity index is 1210. The van der Waals surface area contributed by atoms with Crippen LogP contribution in [0, 0.1) is 11.6 Å². The van der Waals surface area contributed by atoms with Crippen molar-refractivity contribution >= 4 is 23.8 Å². The number of benzene rings is 2. The van der Waals surface area contributed by atoms with E-state index < -0.39 is 29.7 Å². The summed E-state index contributed by atoms with van der Waals surface area (Å²) in [6.07, 6.45) is 0.501. The fourth-order valence-electron chi connectivity index (χ4n) is 4.82. The Labute approximate surface area is 213 Å². The first-order chi connectivity index (χ1) is 17.8. The van der Waals surface area contributed by atoms with Crippen LogP contribution in [-0.2, 0) is 27.4 Å². The molecule has 2 fully saturated rings. The maximum atomic E-state index is 13.4. The summed E-state index contributed by atoms with van der Waals surface area (Å²) in [7, 11) is 0. The lowest BCUT2D eigenvalue weighted by Gasteiger charge is -2.34. The summed E-state index contributed by atoms with van der Waals surface area (Å²) in [5.74, 6) is -2.41. The second-order valence-electron chi connectivity index (χ2n) is 9.14.